The summed E-state index contributed by atoms with van der Waals surface area (Å²) in [6.07, 6.45) is 1.33. The van der Waals surface area contributed by atoms with Crippen molar-refractivity contribution >= 4 is 22.3 Å². The van der Waals surface area contributed by atoms with E-state index in [4.69, 9.17) is 4.74 Å². The lowest BCUT2D eigenvalue weighted by atomic mass is 10.1. The van der Waals surface area contributed by atoms with Crippen molar-refractivity contribution in [3.8, 4) is 11.5 Å². The van der Waals surface area contributed by atoms with Gasteiger partial charge < -0.3 is 15.1 Å². The van der Waals surface area contributed by atoms with Gasteiger partial charge in [-0.15, -0.1) is 10.2 Å². The van der Waals surface area contributed by atoms with Crippen LogP contribution in [0.4, 0.5) is 11.4 Å². The minimum absolute atomic E-state index is 0.0947. The Hall–Kier alpha value is -3.15. The number of aryl methyl sites for hydroxylation is 1. The molecule has 0 aliphatic heterocycles. The lowest BCUT2D eigenvalue weighted by Gasteiger charge is -2.06. The van der Waals surface area contributed by atoms with Crippen LogP contribution < -0.4 is 9.47 Å². The fourth-order valence-electron chi connectivity index (χ4n) is 2.35. The number of phenols is 1. The molecule has 0 saturated heterocycles. The van der Waals surface area contributed by atoms with Crippen molar-refractivity contribution in [2.75, 3.05) is 7.11 Å². The molecule has 0 unspecified atom stereocenters. The van der Waals surface area contributed by atoms with E-state index in [1.165, 1.54) is 12.3 Å². The largest absolute Gasteiger partial charge is 0.618 e. The molecule has 1 heterocycles. The topological polar surface area (TPSA) is 81.1 Å². The highest BCUT2D eigenvalue weighted by Crippen LogP contribution is 2.33. The van der Waals surface area contributed by atoms with Crippen LogP contribution in [-0.4, -0.2) is 12.2 Å². The van der Waals surface area contributed by atoms with Gasteiger partial charge in [0.2, 0.25) is 0 Å². The number of aromatic nitrogens is 1. The summed E-state index contributed by atoms with van der Waals surface area (Å²) < 4.78 is 5.87. The maximum absolute atomic E-state index is 11.8. The highest BCUT2D eigenvalue weighted by Gasteiger charge is 2.13. The van der Waals surface area contributed by atoms with Crippen molar-refractivity contribution in [3.05, 3.63) is 59.4 Å². The molecule has 23 heavy (non-hydrogen) atoms. The summed E-state index contributed by atoms with van der Waals surface area (Å²) >= 11 is 0. The Balaban J connectivity index is 2.11. The Morgan fingerprint density at radius 1 is 1.09 bits per heavy atom. The highest BCUT2D eigenvalue weighted by atomic mass is 16.5. The third-order valence-corrected chi connectivity index (χ3v) is 3.48. The van der Waals surface area contributed by atoms with Gasteiger partial charge in [0.25, 0.3) is 5.52 Å². The number of hydrogen-bond donors (Lipinski definition) is 1. The van der Waals surface area contributed by atoms with Crippen molar-refractivity contribution in [2.45, 2.75) is 6.92 Å². The zero-order valence-electron chi connectivity index (χ0n) is 12.7. The summed E-state index contributed by atoms with van der Waals surface area (Å²) in [5.41, 5.74) is 2.29. The van der Waals surface area contributed by atoms with Gasteiger partial charge in [-0.2, -0.15) is 4.73 Å². The number of benzene rings is 2. The van der Waals surface area contributed by atoms with Crippen molar-refractivity contribution in [3.63, 3.8) is 0 Å². The minimum atomic E-state index is -0.0947. The van der Waals surface area contributed by atoms with E-state index in [2.05, 4.69) is 10.2 Å². The Kier molecular flexibility index (Phi) is 3.80. The molecule has 3 aromatic rings. The number of pyridine rings is 1. The number of ether oxygens (including phenoxy) is 1. The van der Waals surface area contributed by atoms with Crippen LogP contribution in [0.5, 0.6) is 11.5 Å². The Labute approximate surface area is 132 Å². The van der Waals surface area contributed by atoms with Crippen LogP contribution in [0, 0.1) is 12.1 Å². The van der Waals surface area contributed by atoms with Crippen molar-refractivity contribution in [2.24, 2.45) is 10.2 Å². The number of phenolic OH excluding ortho intramolecular Hbond substituents is 1. The molecule has 0 bridgehead atoms. The van der Waals surface area contributed by atoms with Gasteiger partial charge in [-0.05, 0) is 42.8 Å². The summed E-state index contributed by atoms with van der Waals surface area (Å²) in [6.45, 7) is 1.95. The first-order valence-corrected chi connectivity index (χ1v) is 7.00. The maximum atomic E-state index is 11.8. The van der Waals surface area contributed by atoms with Gasteiger partial charge in [-0.1, -0.05) is 6.07 Å². The molecule has 0 atom stereocenters. The second-order valence-corrected chi connectivity index (χ2v) is 5.08. The van der Waals surface area contributed by atoms with E-state index in [1.807, 2.05) is 25.1 Å². The van der Waals surface area contributed by atoms with Crippen LogP contribution in [0.2, 0.25) is 0 Å². The van der Waals surface area contributed by atoms with Gasteiger partial charge in [-0.25, -0.2) is 0 Å². The molecular formula is C17H15N3O3. The number of rotatable bonds is 3. The smallest absolute Gasteiger partial charge is 0.268 e. The molecule has 2 aromatic carbocycles. The fourth-order valence-corrected chi connectivity index (χ4v) is 2.35. The number of fused-ring (bicyclic) bond motifs is 1. The molecule has 1 N–H and O–H groups in total. The van der Waals surface area contributed by atoms with Gasteiger partial charge >= 0.3 is 0 Å². The molecule has 0 radical (unpaired) electrons. The molecule has 6 nitrogen and oxygen atoms in total. The number of methoxy groups -OCH3 is 1. The van der Waals surface area contributed by atoms with Crippen LogP contribution >= 0.6 is 0 Å². The molecule has 3 rings (SSSR count). The Bertz CT molecular complexity index is 899. The molecule has 116 valence electrons. The average molecular weight is 309 g/mol. The van der Waals surface area contributed by atoms with E-state index in [0.717, 1.165) is 5.56 Å². The zero-order valence-corrected chi connectivity index (χ0v) is 12.7. The van der Waals surface area contributed by atoms with Gasteiger partial charge in [0.15, 0.2) is 11.9 Å². The normalized spacial score (nSPS) is 11.2. The van der Waals surface area contributed by atoms with Crippen LogP contribution in [0.15, 0.2) is 58.9 Å². The third kappa shape index (κ3) is 2.78. The summed E-state index contributed by atoms with van der Waals surface area (Å²) in [5.74, 6) is 0.518. The first kappa shape index (κ1) is 14.8. The highest BCUT2D eigenvalue weighted by molar-refractivity contribution is 5.91. The maximum Gasteiger partial charge on any atom is 0.268 e. The molecule has 0 fully saturated rings. The summed E-state index contributed by atoms with van der Waals surface area (Å²) in [4.78, 5) is 0. The average Bonchev–Trinajstić information content (AvgIpc) is 2.54. The first-order chi connectivity index (χ1) is 11.1. The molecule has 0 aliphatic rings. The second kappa shape index (κ2) is 5.92. The summed E-state index contributed by atoms with van der Waals surface area (Å²) in [7, 11) is 1.57. The second-order valence-electron chi connectivity index (χ2n) is 5.08. The fraction of sp³-hybridized carbons (Fsp3) is 0.118. The molecule has 0 aliphatic carbocycles. The number of hydrogen-bond acceptors (Lipinski definition) is 5. The molecule has 6 heteroatoms. The van der Waals surface area contributed by atoms with Crippen LogP contribution in [0.25, 0.3) is 10.9 Å². The number of aromatic hydroxyl groups is 1. The predicted molar refractivity (Wildman–Crippen MR) is 86.5 cm³/mol. The Morgan fingerprint density at radius 3 is 2.65 bits per heavy atom. The van der Waals surface area contributed by atoms with Crippen molar-refractivity contribution in [1.82, 2.24) is 0 Å². The van der Waals surface area contributed by atoms with E-state index in [1.54, 1.807) is 25.3 Å². The molecular weight excluding hydrogens is 294 g/mol. The lowest BCUT2D eigenvalue weighted by Crippen LogP contribution is -2.25. The predicted octanol–water partition coefficient (Wildman–Crippen LogP) is 3.91. The Morgan fingerprint density at radius 2 is 1.87 bits per heavy atom. The summed E-state index contributed by atoms with van der Waals surface area (Å²) in [5, 5.41) is 30.7. The third-order valence-electron chi connectivity index (χ3n) is 3.48. The standard InChI is InChI=1S/C17H15N3O3/c1-11-5-8-16(23-2)14(10-11)19-18-13-6-7-15(21)17-12(13)4-3-9-20(17)22/h3-10,21H,1-2H3. The van der Waals surface area contributed by atoms with Gasteiger partial charge in [-0.3, -0.25) is 0 Å². The quantitative estimate of drug-likeness (QED) is 0.452. The van der Waals surface area contributed by atoms with Gasteiger partial charge in [0.1, 0.15) is 11.4 Å². The monoisotopic (exact) mass is 309 g/mol. The molecule has 0 amide bonds. The van der Waals surface area contributed by atoms with E-state index in [0.29, 0.717) is 27.2 Å². The van der Waals surface area contributed by atoms with Crippen molar-refractivity contribution < 1.29 is 14.6 Å². The number of azo groups is 1. The SMILES string of the molecule is COc1ccc(C)cc1N=Nc1ccc(O)c2c1ccc[n+]2[O-]. The van der Waals surface area contributed by atoms with E-state index < -0.39 is 0 Å². The zero-order chi connectivity index (χ0) is 16.4. The first-order valence-electron chi connectivity index (χ1n) is 7.00. The molecule has 1 aromatic heterocycles. The van der Waals surface area contributed by atoms with E-state index in [-0.39, 0.29) is 11.3 Å². The molecule has 0 saturated carbocycles. The van der Waals surface area contributed by atoms with Crippen molar-refractivity contribution in [1.29, 1.82) is 0 Å². The van der Waals surface area contributed by atoms with Crippen LogP contribution in [-0.2, 0) is 0 Å². The van der Waals surface area contributed by atoms with E-state index in [9.17, 15) is 10.3 Å². The van der Waals surface area contributed by atoms with Crippen LogP contribution in [0.1, 0.15) is 5.56 Å². The van der Waals surface area contributed by atoms with E-state index >= 15 is 0 Å². The number of nitrogens with zero attached hydrogens (tertiary/aromatic N) is 3. The molecule has 0 spiro atoms. The van der Waals surface area contributed by atoms with Gasteiger partial charge in [0.05, 0.1) is 18.2 Å². The van der Waals surface area contributed by atoms with Crippen LogP contribution in [0.3, 0.4) is 0 Å². The van der Waals surface area contributed by atoms with Gasteiger partial charge in [0, 0.05) is 6.07 Å². The minimum Gasteiger partial charge on any atom is -0.618 e. The summed E-state index contributed by atoms with van der Waals surface area (Å²) in [6, 6.07) is 12.0. The lowest BCUT2D eigenvalue weighted by molar-refractivity contribution is -0.577.